The Bertz CT molecular complexity index is 836. The van der Waals surface area contributed by atoms with Crippen LogP contribution in [0.25, 0.3) is 0 Å². The van der Waals surface area contributed by atoms with Crippen molar-refractivity contribution in [2.75, 3.05) is 5.75 Å². The predicted octanol–water partition coefficient (Wildman–Crippen LogP) is 4.28. The van der Waals surface area contributed by atoms with E-state index in [-0.39, 0.29) is 5.91 Å². The topological polar surface area (TPSA) is 69.0 Å². The molecule has 0 unspecified atom stereocenters. The lowest BCUT2D eigenvalue weighted by Gasteiger charge is -2.29. The quantitative estimate of drug-likeness (QED) is 0.651. The first-order valence-corrected chi connectivity index (χ1v) is 11.5. The van der Waals surface area contributed by atoms with Crippen LogP contribution in [0.15, 0.2) is 23.4 Å². The Morgan fingerprint density at radius 3 is 2.83 bits per heavy atom. The molecule has 29 heavy (non-hydrogen) atoms. The highest BCUT2D eigenvalue weighted by Gasteiger charge is 2.23. The third-order valence-corrected chi connectivity index (χ3v) is 6.57. The highest BCUT2D eigenvalue weighted by atomic mass is 32.2. The standard InChI is InChI=1S/C22H32N4O2S/c1-5-26-20(13-28-19-12-15(2)10-11-17(19)4)24-25-22(26)29-14-21(27)23-18-9-7-6-8-16(18)3/h10-12,16,18H,5-9,13-14H2,1-4H3,(H,23,27)/t16-,18+/m1/s1. The minimum absolute atomic E-state index is 0.0765. The van der Waals surface area contributed by atoms with Crippen LogP contribution >= 0.6 is 11.8 Å². The van der Waals surface area contributed by atoms with Gasteiger partial charge < -0.3 is 14.6 Å². The van der Waals surface area contributed by atoms with Gasteiger partial charge in [-0.2, -0.15) is 0 Å². The fourth-order valence-electron chi connectivity index (χ4n) is 3.76. The lowest BCUT2D eigenvalue weighted by Crippen LogP contribution is -2.41. The summed E-state index contributed by atoms with van der Waals surface area (Å²) in [4.78, 5) is 12.4. The molecule has 0 aliphatic heterocycles. The van der Waals surface area contributed by atoms with Crippen molar-refractivity contribution in [3.63, 3.8) is 0 Å². The van der Waals surface area contributed by atoms with Crippen LogP contribution < -0.4 is 10.1 Å². The molecule has 6 nitrogen and oxygen atoms in total. The fourth-order valence-corrected chi connectivity index (χ4v) is 4.60. The van der Waals surface area contributed by atoms with Gasteiger partial charge in [-0.3, -0.25) is 4.79 Å². The first-order chi connectivity index (χ1) is 14.0. The predicted molar refractivity (Wildman–Crippen MR) is 116 cm³/mol. The average Bonchev–Trinajstić information content (AvgIpc) is 3.10. The zero-order valence-corrected chi connectivity index (χ0v) is 18.7. The molecule has 1 amide bonds. The van der Waals surface area contributed by atoms with Gasteiger partial charge in [0, 0.05) is 12.6 Å². The van der Waals surface area contributed by atoms with E-state index in [1.54, 1.807) is 0 Å². The number of carbonyl (C=O) groups is 1. The summed E-state index contributed by atoms with van der Waals surface area (Å²) in [6.45, 7) is 9.46. The molecule has 0 spiro atoms. The largest absolute Gasteiger partial charge is 0.485 e. The second kappa shape index (κ2) is 10.1. The molecule has 7 heteroatoms. The van der Waals surface area contributed by atoms with Crippen molar-refractivity contribution in [1.29, 1.82) is 0 Å². The average molecular weight is 417 g/mol. The van der Waals surface area contributed by atoms with Crippen LogP contribution in [-0.4, -0.2) is 32.5 Å². The number of benzene rings is 1. The minimum atomic E-state index is 0.0765. The SMILES string of the molecule is CCn1c(COc2cc(C)ccc2C)nnc1SCC(=O)N[C@H]1CCCC[C@H]1C. The molecule has 2 atom stereocenters. The van der Waals surface area contributed by atoms with Crippen molar-refractivity contribution in [2.24, 2.45) is 5.92 Å². The van der Waals surface area contributed by atoms with Crippen molar-refractivity contribution in [1.82, 2.24) is 20.1 Å². The van der Waals surface area contributed by atoms with Crippen LogP contribution in [0.2, 0.25) is 0 Å². The van der Waals surface area contributed by atoms with Crippen molar-refractivity contribution in [2.45, 2.75) is 77.7 Å². The summed E-state index contributed by atoms with van der Waals surface area (Å²) in [5, 5.41) is 12.5. The van der Waals surface area contributed by atoms with E-state index in [2.05, 4.69) is 48.4 Å². The number of hydrogen-bond donors (Lipinski definition) is 1. The van der Waals surface area contributed by atoms with Gasteiger partial charge in [0.15, 0.2) is 11.0 Å². The van der Waals surface area contributed by atoms with E-state index < -0.39 is 0 Å². The van der Waals surface area contributed by atoms with Crippen LogP contribution in [0.4, 0.5) is 0 Å². The fraction of sp³-hybridized carbons (Fsp3) is 0.591. The van der Waals surface area contributed by atoms with Crippen LogP contribution in [0.5, 0.6) is 5.75 Å². The Kier molecular flexibility index (Phi) is 7.58. The zero-order chi connectivity index (χ0) is 20.8. The van der Waals surface area contributed by atoms with Gasteiger partial charge in [-0.25, -0.2) is 0 Å². The highest BCUT2D eigenvalue weighted by molar-refractivity contribution is 7.99. The number of aromatic nitrogens is 3. The first kappa shape index (κ1) is 21.7. The number of hydrogen-bond acceptors (Lipinski definition) is 5. The molecule has 158 valence electrons. The second-order valence-corrected chi connectivity index (χ2v) is 8.87. The van der Waals surface area contributed by atoms with Gasteiger partial charge in [0.2, 0.25) is 5.91 Å². The zero-order valence-electron chi connectivity index (χ0n) is 17.9. The molecule has 1 aromatic heterocycles. The van der Waals surface area contributed by atoms with E-state index in [1.807, 2.05) is 17.6 Å². The summed E-state index contributed by atoms with van der Waals surface area (Å²) in [6.07, 6.45) is 4.76. The van der Waals surface area contributed by atoms with Crippen LogP contribution in [0, 0.1) is 19.8 Å². The van der Waals surface area contributed by atoms with Gasteiger partial charge in [0.1, 0.15) is 12.4 Å². The van der Waals surface area contributed by atoms with E-state index in [1.165, 1.54) is 31.0 Å². The number of aryl methyl sites for hydroxylation is 2. The van der Waals surface area contributed by atoms with Crippen molar-refractivity contribution >= 4 is 17.7 Å². The summed E-state index contributed by atoms with van der Waals surface area (Å²) < 4.78 is 8.01. The minimum Gasteiger partial charge on any atom is -0.485 e. The van der Waals surface area contributed by atoms with Gasteiger partial charge >= 0.3 is 0 Å². The Morgan fingerprint density at radius 2 is 2.07 bits per heavy atom. The number of carbonyl (C=O) groups excluding carboxylic acids is 1. The molecule has 0 saturated heterocycles. The molecule has 1 heterocycles. The van der Waals surface area contributed by atoms with Gasteiger partial charge in [0.25, 0.3) is 0 Å². The van der Waals surface area contributed by atoms with E-state index in [0.717, 1.165) is 40.8 Å². The summed E-state index contributed by atoms with van der Waals surface area (Å²) in [5.41, 5.74) is 2.26. The third-order valence-electron chi connectivity index (χ3n) is 5.60. The molecule has 0 radical (unpaired) electrons. The second-order valence-electron chi connectivity index (χ2n) is 7.93. The molecule has 3 rings (SSSR count). The number of amides is 1. The number of thioether (sulfide) groups is 1. The van der Waals surface area contributed by atoms with E-state index >= 15 is 0 Å². The smallest absolute Gasteiger partial charge is 0.230 e. The Morgan fingerprint density at radius 1 is 1.28 bits per heavy atom. The van der Waals surface area contributed by atoms with E-state index in [0.29, 0.717) is 24.3 Å². The molecule has 1 saturated carbocycles. The molecule has 1 aromatic carbocycles. The number of ether oxygens (including phenoxy) is 1. The summed E-state index contributed by atoms with van der Waals surface area (Å²) >= 11 is 1.44. The lowest BCUT2D eigenvalue weighted by molar-refractivity contribution is -0.119. The summed E-state index contributed by atoms with van der Waals surface area (Å²) in [7, 11) is 0. The van der Waals surface area contributed by atoms with E-state index in [9.17, 15) is 4.79 Å². The maximum absolute atomic E-state index is 12.4. The molecule has 0 bridgehead atoms. The number of nitrogens with one attached hydrogen (secondary N) is 1. The molecule has 1 N–H and O–H groups in total. The van der Waals surface area contributed by atoms with Gasteiger partial charge in [-0.1, -0.05) is 43.7 Å². The van der Waals surface area contributed by atoms with Gasteiger partial charge in [-0.15, -0.1) is 10.2 Å². The molecular weight excluding hydrogens is 384 g/mol. The van der Waals surface area contributed by atoms with Gasteiger partial charge in [0.05, 0.1) is 5.75 Å². The first-order valence-electron chi connectivity index (χ1n) is 10.5. The summed E-state index contributed by atoms with van der Waals surface area (Å²) in [6, 6.07) is 6.48. The monoisotopic (exact) mass is 416 g/mol. The highest BCUT2D eigenvalue weighted by Crippen LogP contribution is 2.25. The van der Waals surface area contributed by atoms with Crippen molar-refractivity contribution in [3.8, 4) is 5.75 Å². The number of rotatable bonds is 8. The van der Waals surface area contributed by atoms with Gasteiger partial charge in [-0.05, 0) is 56.7 Å². The Labute approximate surface area is 177 Å². The molecule has 2 aromatic rings. The van der Waals surface area contributed by atoms with Crippen LogP contribution in [-0.2, 0) is 17.9 Å². The number of nitrogens with zero attached hydrogens (tertiary/aromatic N) is 3. The Hall–Kier alpha value is -2.02. The summed E-state index contributed by atoms with van der Waals surface area (Å²) in [5.74, 6) is 2.64. The van der Waals surface area contributed by atoms with E-state index in [4.69, 9.17) is 4.74 Å². The van der Waals surface area contributed by atoms with Crippen molar-refractivity contribution in [3.05, 3.63) is 35.2 Å². The normalized spacial score (nSPS) is 19.2. The van der Waals surface area contributed by atoms with Crippen LogP contribution in [0.3, 0.4) is 0 Å². The lowest BCUT2D eigenvalue weighted by atomic mass is 9.86. The Balaban J connectivity index is 1.56. The maximum atomic E-state index is 12.4. The molecule has 1 fully saturated rings. The van der Waals surface area contributed by atoms with Crippen molar-refractivity contribution < 1.29 is 9.53 Å². The maximum Gasteiger partial charge on any atom is 0.230 e. The molecule has 1 aliphatic rings. The third kappa shape index (κ3) is 5.75. The molecule has 1 aliphatic carbocycles. The molecular formula is C22H32N4O2S. The van der Waals surface area contributed by atoms with Crippen LogP contribution in [0.1, 0.15) is 56.5 Å².